The summed E-state index contributed by atoms with van der Waals surface area (Å²) in [6.07, 6.45) is 5.85. The molecule has 4 unspecified atom stereocenters. The zero-order valence-electron chi connectivity index (χ0n) is 16.1. The topological polar surface area (TPSA) is 61.8 Å². The van der Waals surface area contributed by atoms with Crippen LogP contribution in [0.25, 0.3) is 0 Å². The van der Waals surface area contributed by atoms with Gasteiger partial charge in [0, 0.05) is 18.6 Å². The van der Waals surface area contributed by atoms with Crippen LogP contribution in [0.5, 0.6) is 11.5 Å². The van der Waals surface area contributed by atoms with Gasteiger partial charge in [0.1, 0.15) is 28.7 Å². The number of benzene rings is 2. The molecule has 1 heterocycles. The minimum Gasteiger partial charge on any atom is -0.447 e. The summed E-state index contributed by atoms with van der Waals surface area (Å²) in [6, 6.07) is 7.37. The summed E-state index contributed by atoms with van der Waals surface area (Å²) in [5, 5.41) is 0. The van der Waals surface area contributed by atoms with Crippen LogP contribution in [-0.4, -0.2) is 11.9 Å². The molecule has 5 rings (SSSR count). The van der Waals surface area contributed by atoms with Crippen LogP contribution in [0.3, 0.4) is 0 Å². The Morgan fingerprint density at radius 3 is 2.53 bits per heavy atom. The van der Waals surface area contributed by atoms with Gasteiger partial charge in [-0.15, -0.1) is 0 Å². The monoisotopic (exact) mass is 412 g/mol. The molecular weight excluding hydrogens is 394 g/mol. The van der Waals surface area contributed by atoms with E-state index < -0.39 is 29.4 Å². The van der Waals surface area contributed by atoms with Crippen LogP contribution in [0.1, 0.15) is 35.7 Å². The zero-order valence-corrected chi connectivity index (χ0v) is 16.1. The minimum absolute atomic E-state index is 0.00941. The van der Waals surface area contributed by atoms with Crippen LogP contribution >= 0.6 is 0 Å². The lowest BCUT2D eigenvalue weighted by molar-refractivity contribution is -0.149. The number of fused-ring (bicyclic) bond motifs is 3. The molecule has 1 saturated carbocycles. The first-order valence-corrected chi connectivity index (χ1v) is 9.74. The number of cyclic esters (lactones) is 1. The molecule has 2 aliphatic carbocycles. The van der Waals surface area contributed by atoms with Gasteiger partial charge in [-0.05, 0) is 48.9 Å². The number of allylic oxidation sites excluding steroid dienone is 2. The van der Waals surface area contributed by atoms with Gasteiger partial charge in [-0.25, -0.2) is 13.6 Å². The highest BCUT2D eigenvalue weighted by Crippen LogP contribution is 2.45. The number of halogens is 2. The predicted octanol–water partition coefficient (Wildman–Crippen LogP) is 4.50. The van der Waals surface area contributed by atoms with Crippen LogP contribution in [0.15, 0.2) is 48.6 Å². The molecule has 30 heavy (non-hydrogen) atoms. The van der Waals surface area contributed by atoms with E-state index in [0.717, 1.165) is 25.0 Å². The van der Waals surface area contributed by atoms with Crippen LogP contribution in [-0.2, 0) is 15.3 Å². The van der Waals surface area contributed by atoms with E-state index >= 15 is 0 Å². The van der Waals surface area contributed by atoms with Crippen molar-refractivity contribution in [3.8, 4) is 11.5 Å². The van der Waals surface area contributed by atoms with Crippen molar-refractivity contribution in [2.45, 2.75) is 25.6 Å². The molecule has 4 atom stereocenters. The maximum absolute atomic E-state index is 13.7. The standard InChI is InChI=1S/C23H18F2O5/c1-23(14-9-15(24)11-16(25)10-14)29-19-4-2-3-18(20(19)22(27)30-23)28-21(26)17-8-12-5-6-13(17)7-12/h2-6,9-13,17H,7-8H2,1H3. The number of carbonyl (C=O) groups is 2. The normalized spacial score (nSPS) is 28.6. The Hall–Kier alpha value is -3.22. The Labute approximate surface area is 171 Å². The highest BCUT2D eigenvalue weighted by atomic mass is 19.1. The molecule has 7 heteroatoms. The van der Waals surface area contributed by atoms with E-state index in [4.69, 9.17) is 14.2 Å². The molecule has 0 N–H and O–H groups in total. The number of carbonyl (C=O) groups excluding carboxylic acids is 2. The Bertz CT molecular complexity index is 1070. The lowest BCUT2D eigenvalue weighted by atomic mass is 9.94. The summed E-state index contributed by atoms with van der Waals surface area (Å²) in [5.41, 5.74) is -0.0194. The van der Waals surface area contributed by atoms with Crippen LogP contribution < -0.4 is 9.47 Å². The average Bonchev–Trinajstić information content (AvgIpc) is 3.30. The first kappa shape index (κ1) is 18.8. The van der Waals surface area contributed by atoms with Gasteiger partial charge in [-0.1, -0.05) is 18.2 Å². The van der Waals surface area contributed by atoms with Gasteiger partial charge in [0.05, 0.1) is 5.92 Å². The maximum atomic E-state index is 13.7. The Morgan fingerprint density at radius 2 is 1.87 bits per heavy atom. The second kappa shape index (κ2) is 6.65. The van der Waals surface area contributed by atoms with E-state index in [9.17, 15) is 18.4 Å². The van der Waals surface area contributed by atoms with Crippen molar-refractivity contribution >= 4 is 11.9 Å². The molecule has 1 fully saturated rings. The SMILES string of the molecule is CC1(c2cc(F)cc(F)c2)OC(=O)c2c(OC(=O)C3CC4C=CC3C4)cccc2O1. The van der Waals surface area contributed by atoms with Crippen molar-refractivity contribution in [2.24, 2.45) is 17.8 Å². The minimum atomic E-state index is -1.73. The van der Waals surface area contributed by atoms with Gasteiger partial charge in [0.15, 0.2) is 0 Å². The summed E-state index contributed by atoms with van der Waals surface area (Å²) in [4.78, 5) is 25.5. The van der Waals surface area contributed by atoms with Crippen LogP contribution in [0.4, 0.5) is 8.78 Å². The predicted molar refractivity (Wildman–Crippen MR) is 101 cm³/mol. The Kier molecular flexibility index (Phi) is 4.17. The highest BCUT2D eigenvalue weighted by Gasteiger charge is 2.44. The largest absolute Gasteiger partial charge is 0.447 e. The first-order chi connectivity index (χ1) is 14.3. The van der Waals surface area contributed by atoms with E-state index in [1.165, 1.54) is 19.1 Å². The van der Waals surface area contributed by atoms with Crippen molar-refractivity contribution in [1.82, 2.24) is 0 Å². The number of hydrogen-bond donors (Lipinski definition) is 0. The number of hydrogen-bond acceptors (Lipinski definition) is 5. The molecule has 0 radical (unpaired) electrons. The first-order valence-electron chi connectivity index (χ1n) is 9.74. The number of rotatable bonds is 3. The van der Waals surface area contributed by atoms with Gasteiger partial charge in [0.25, 0.3) is 5.79 Å². The summed E-state index contributed by atoms with van der Waals surface area (Å²) in [7, 11) is 0. The molecule has 2 aromatic carbocycles. The molecule has 0 aromatic heterocycles. The molecule has 5 nitrogen and oxygen atoms in total. The second-order valence-corrected chi connectivity index (χ2v) is 8.03. The molecular formula is C23H18F2O5. The molecule has 154 valence electrons. The third-order valence-corrected chi connectivity index (χ3v) is 5.96. The van der Waals surface area contributed by atoms with E-state index in [0.29, 0.717) is 12.0 Å². The molecule has 2 aromatic rings. The van der Waals surface area contributed by atoms with Gasteiger partial charge >= 0.3 is 11.9 Å². The quantitative estimate of drug-likeness (QED) is 0.422. The fourth-order valence-electron chi connectivity index (χ4n) is 4.51. The van der Waals surface area contributed by atoms with Crippen LogP contribution in [0.2, 0.25) is 0 Å². The third-order valence-electron chi connectivity index (χ3n) is 5.96. The lowest BCUT2D eigenvalue weighted by Crippen LogP contribution is -2.40. The molecule has 2 bridgehead atoms. The fourth-order valence-corrected chi connectivity index (χ4v) is 4.51. The summed E-state index contributed by atoms with van der Waals surface area (Å²) >= 11 is 0. The third kappa shape index (κ3) is 3.05. The van der Waals surface area contributed by atoms with E-state index in [1.54, 1.807) is 6.07 Å². The molecule has 0 amide bonds. The Morgan fingerprint density at radius 1 is 1.10 bits per heavy atom. The fraction of sp³-hybridized carbons (Fsp3) is 0.304. The zero-order chi connectivity index (χ0) is 21.0. The van der Waals surface area contributed by atoms with E-state index in [-0.39, 0.29) is 34.5 Å². The number of ether oxygens (including phenoxy) is 3. The van der Waals surface area contributed by atoms with Gasteiger partial charge in [0.2, 0.25) is 0 Å². The highest BCUT2D eigenvalue weighted by molar-refractivity contribution is 5.97. The van der Waals surface area contributed by atoms with Gasteiger partial charge < -0.3 is 14.2 Å². The van der Waals surface area contributed by atoms with Gasteiger partial charge in [-0.2, -0.15) is 0 Å². The van der Waals surface area contributed by atoms with Crippen molar-refractivity contribution in [3.05, 3.63) is 71.3 Å². The van der Waals surface area contributed by atoms with Crippen LogP contribution in [0, 0.1) is 29.4 Å². The van der Waals surface area contributed by atoms with Crippen molar-refractivity contribution in [3.63, 3.8) is 0 Å². The molecule has 1 aliphatic heterocycles. The maximum Gasteiger partial charge on any atom is 0.349 e. The molecule has 0 spiro atoms. The lowest BCUT2D eigenvalue weighted by Gasteiger charge is -2.35. The summed E-state index contributed by atoms with van der Waals surface area (Å²) in [5.74, 6) is -4.10. The molecule has 3 aliphatic rings. The van der Waals surface area contributed by atoms with Crippen molar-refractivity contribution in [1.29, 1.82) is 0 Å². The Balaban J connectivity index is 1.44. The number of esters is 2. The van der Waals surface area contributed by atoms with Crippen molar-refractivity contribution < 1.29 is 32.6 Å². The smallest absolute Gasteiger partial charge is 0.349 e. The summed E-state index contributed by atoms with van der Waals surface area (Å²) < 4.78 is 44.1. The average molecular weight is 412 g/mol. The second-order valence-electron chi connectivity index (χ2n) is 8.03. The van der Waals surface area contributed by atoms with E-state index in [2.05, 4.69) is 6.08 Å². The van der Waals surface area contributed by atoms with E-state index in [1.807, 2.05) is 6.08 Å². The summed E-state index contributed by atoms with van der Waals surface area (Å²) in [6.45, 7) is 1.39. The van der Waals surface area contributed by atoms with Gasteiger partial charge in [-0.3, -0.25) is 4.79 Å². The van der Waals surface area contributed by atoms with Crippen molar-refractivity contribution in [2.75, 3.05) is 0 Å². The molecule has 0 saturated heterocycles.